The van der Waals surface area contributed by atoms with E-state index < -0.39 is 12.3 Å². The van der Waals surface area contributed by atoms with Crippen molar-refractivity contribution in [2.75, 3.05) is 0 Å². The molecule has 0 spiro atoms. The van der Waals surface area contributed by atoms with Gasteiger partial charge in [0, 0.05) is 0 Å². The van der Waals surface area contributed by atoms with Crippen molar-refractivity contribution in [3.8, 4) is 0 Å². The van der Waals surface area contributed by atoms with Crippen LogP contribution in [0, 0.1) is 55.4 Å². The van der Waals surface area contributed by atoms with Crippen LogP contribution in [0.2, 0.25) is 0 Å². The first kappa shape index (κ1) is 43.2. The molecule has 0 atom stereocenters. The minimum atomic E-state index is -1.29. The summed E-state index contributed by atoms with van der Waals surface area (Å²) in [5.74, 6) is 0. The van der Waals surface area contributed by atoms with E-state index >= 15 is 0 Å². The molecular formula is C56H56B2Mg. The maximum Gasteiger partial charge on any atom is 2.00 e. The molecule has 3 heteroatoms. The van der Waals surface area contributed by atoms with Crippen LogP contribution < -0.4 is 43.7 Å². The van der Waals surface area contributed by atoms with Crippen molar-refractivity contribution in [1.29, 1.82) is 0 Å². The minimum Gasteiger partial charge on any atom is -0.195 e. The summed E-state index contributed by atoms with van der Waals surface area (Å²) in [5.41, 5.74) is 21.3. The summed E-state index contributed by atoms with van der Waals surface area (Å²) in [6.07, 6.45) is -2.58. The van der Waals surface area contributed by atoms with E-state index in [1.807, 2.05) is 0 Å². The Morgan fingerprint density at radius 2 is 0.322 bits per heavy atom. The van der Waals surface area contributed by atoms with Crippen molar-refractivity contribution in [3.63, 3.8) is 0 Å². The van der Waals surface area contributed by atoms with Crippen LogP contribution in [0.3, 0.4) is 0 Å². The fraction of sp³-hybridized carbons (Fsp3) is 0.143. The van der Waals surface area contributed by atoms with Crippen LogP contribution in [-0.2, 0) is 0 Å². The van der Waals surface area contributed by atoms with E-state index in [1.165, 1.54) is 88.2 Å². The molecule has 0 bridgehead atoms. The van der Waals surface area contributed by atoms with Gasteiger partial charge in [-0.05, 0) is 55.4 Å². The quantitative estimate of drug-likeness (QED) is 0.137. The zero-order chi connectivity index (χ0) is 40.9. The molecule has 8 aromatic rings. The van der Waals surface area contributed by atoms with Crippen molar-refractivity contribution in [2.24, 2.45) is 0 Å². The maximum atomic E-state index is 2.37. The van der Waals surface area contributed by atoms with Crippen LogP contribution in [0.4, 0.5) is 0 Å². The third-order valence-corrected chi connectivity index (χ3v) is 12.3. The maximum absolute atomic E-state index is 2.37. The van der Waals surface area contributed by atoms with Gasteiger partial charge in [-0.15, -0.1) is 0 Å². The van der Waals surface area contributed by atoms with E-state index in [4.69, 9.17) is 0 Å². The van der Waals surface area contributed by atoms with Gasteiger partial charge in [0.25, 0.3) is 0 Å². The molecule has 0 aliphatic rings. The number of rotatable bonds is 8. The molecule has 0 aromatic heterocycles. The van der Waals surface area contributed by atoms with Gasteiger partial charge in [-0.1, -0.05) is 239 Å². The van der Waals surface area contributed by atoms with Gasteiger partial charge in [0.2, 0.25) is 0 Å². The molecular weight excluding hydrogens is 719 g/mol. The Kier molecular flexibility index (Phi) is 13.7. The van der Waals surface area contributed by atoms with Crippen molar-refractivity contribution in [2.45, 2.75) is 55.4 Å². The monoisotopic (exact) mass is 774 g/mol. The van der Waals surface area contributed by atoms with E-state index in [0.717, 1.165) is 0 Å². The van der Waals surface area contributed by atoms with Crippen LogP contribution in [0.15, 0.2) is 194 Å². The summed E-state index contributed by atoms with van der Waals surface area (Å²) in [4.78, 5) is 0. The Bertz CT molecular complexity index is 2130. The molecule has 0 aliphatic heterocycles. The molecule has 0 N–H and O–H groups in total. The predicted octanol–water partition coefficient (Wildman–Crippen LogP) is 8.21. The second-order valence-electron chi connectivity index (χ2n) is 17.0. The molecule has 0 nitrogen and oxygen atoms in total. The fourth-order valence-corrected chi connectivity index (χ4v) is 9.83. The van der Waals surface area contributed by atoms with Crippen LogP contribution in [0.1, 0.15) is 44.5 Å². The van der Waals surface area contributed by atoms with E-state index in [2.05, 4.69) is 250 Å². The Labute approximate surface area is 370 Å². The van der Waals surface area contributed by atoms with E-state index in [-0.39, 0.29) is 23.1 Å². The molecule has 0 unspecified atom stereocenters. The SMILES string of the molecule is Cc1cccc([B-](c2cccc(C)c2)(c2cccc(C)c2)c2cccc(C)c2)c1.Cc1cccc([B-](c2cccc(C)c2)(c2cccc(C)c2)c2cccc(C)c2)c1.[Mg+2]. The second-order valence-corrected chi connectivity index (χ2v) is 17.0. The normalized spacial score (nSPS) is 11.3. The van der Waals surface area contributed by atoms with Gasteiger partial charge in [-0.2, -0.15) is 43.7 Å². The van der Waals surface area contributed by atoms with Gasteiger partial charge >= 0.3 is 23.1 Å². The van der Waals surface area contributed by atoms with Gasteiger partial charge in [0.15, 0.2) is 0 Å². The van der Waals surface area contributed by atoms with E-state index in [0.29, 0.717) is 0 Å². The van der Waals surface area contributed by atoms with E-state index in [1.54, 1.807) is 0 Å². The zero-order valence-electron chi connectivity index (χ0n) is 36.3. The molecule has 59 heavy (non-hydrogen) atoms. The van der Waals surface area contributed by atoms with Crippen LogP contribution in [-0.4, -0.2) is 35.3 Å². The first-order chi connectivity index (χ1) is 28.0. The summed E-state index contributed by atoms with van der Waals surface area (Å²) in [5, 5.41) is 0. The molecule has 0 saturated heterocycles. The first-order valence-electron chi connectivity index (χ1n) is 20.9. The predicted molar refractivity (Wildman–Crippen MR) is 264 cm³/mol. The average molecular weight is 775 g/mol. The van der Waals surface area contributed by atoms with Crippen LogP contribution >= 0.6 is 0 Å². The van der Waals surface area contributed by atoms with Crippen molar-refractivity contribution in [3.05, 3.63) is 239 Å². The third-order valence-electron chi connectivity index (χ3n) is 12.3. The number of hydrogen-bond acceptors (Lipinski definition) is 0. The number of hydrogen-bond donors (Lipinski definition) is 0. The Morgan fingerprint density at radius 1 is 0.203 bits per heavy atom. The Balaban J connectivity index is 0.000000195. The summed E-state index contributed by atoms with van der Waals surface area (Å²) < 4.78 is 0. The zero-order valence-corrected chi connectivity index (χ0v) is 37.8. The Hall–Kier alpha value is -5.34. The molecule has 0 saturated carbocycles. The average Bonchev–Trinajstić information content (AvgIpc) is 3.19. The summed E-state index contributed by atoms with van der Waals surface area (Å²) >= 11 is 0. The third kappa shape index (κ3) is 8.98. The molecule has 288 valence electrons. The van der Waals surface area contributed by atoms with Gasteiger partial charge < -0.3 is 0 Å². The summed E-state index contributed by atoms with van der Waals surface area (Å²) in [6, 6.07) is 72.5. The summed E-state index contributed by atoms with van der Waals surface area (Å²) in [7, 11) is 0. The van der Waals surface area contributed by atoms with Crippen molar-refractivity contribution in [1.82, 2.24) is 0 Å². The molecule has 0 heterocycles. The topological polar surface area (TPSA) is 0 Å². The van der Waals surface area contributed by atoms with Gasteiger partial charge in [0.05, 0.1) is 0 Å². The van der Waals surface area contributed by atoms with E-state index in [9.17, 15) is 0 Å². The first-order valence-corrected chi connectivity index (χ1v) is 20.9. The van der Waals surface area contributed by atoms with Crippen LogP contribution in [0.5, 0.6) is 0 Å². The second kappa shape index (κ2) is 18.7. The van der Waals surface area contributed by atoms with Gasteiger partial charge in [-0.3, -0.25) is 0 Å². The molecule has 0 amide bonds. The van der Waals surface area contributed by atoms with Gasteiger partial charge in [0.1, 0.15) is 12.3 Å². The molecule has 0 fully saturated rings. The largest absolute Gasteiger partial charge is 2.00 e. The minimum absolute atomic E-state index is 0. The Morgan fingerprint density at radius 3 is 0.424 bits per heavy atom. The molecule has 0 radical (unpaired) electrons. The number of benzene rings is 8. The van der Waals surface area contributed by atoms with Crippen molar-refractivity contribution >= 4 is 79.0 Å². The van der Waals surface area contributed by atoms with Crippen molar-refractivity contribution < 1.29 is 0 Å². The fourth-order valence-electron chi connectivity index (χ4n) is 9.83. The molecule has 8 rings (SSSR count). The number of aryl methyl sites for hydroxylation is 8. The smallest absolute Gasteiger partial charge is 0.195 e. The van der Waals surface area contributed by atoms with Crippen LogP contribution in [0.25, 0.3) is 0 Å². The molecule has 8 aromatic carbocycles. The van der Waals surface area contributed by atoms with Gasteiger partial charge in [-0.25, -0.2) is 0 Å². The molecule has 0 aliphatic carbocycles. The summed E-state index contributed by atoms with van der Waals surface area (Å²) in [6.45, 7) is 17.5. The standard InChI is InChI=1S/2C28H28B.Mg/c2*1-21-9-5-13-25(17-21)29(26-14-6-10-22(2)18-26,27-15-7-11-23(3)19-27)28-16-8-12-24(4)20-28;/h2*5-20H,1-4H3;/q2*-1;+2.